The van der Waals surface area contributed by atoms with Gasteiger partial charge in [0.25, 0.3) is 0 Å². The van der Waals surface area contributed by atoms with E-state index in [0.29, 0.717) is 19.6 Å². The highest BCUT2D eigenvalue weighted by Crippen LogP contribution is 2.45. The van der Waals surface area contributed by atoms with Crippen LogP contribution in [0, 0.1) is 0 Å². The lowest BCUT2D eigenvalue weighted by molar-refractivity contribution is -0.142. The number of para-hydroxylation sites is 1. The van der Waals surface area contributed by atoms with E-state index in [2.05, 4.69) is 26.9 Å². The van der Waals surface area contributed by atoms with E-state index in [1.165, 1.54) is 6.92 Å². The van der Waals surface area contributed by atoms with Gasteiger partial charge in [-0.2, -0.15) is 0 Å². The van der Waals surface area contributed by atoms with Gasteiger partial charge in [-0.25, -0.2) is 4.79 Å². The highest BCUT2D eigenvalue weighted by Gasteiger charge is 2.29. The van der Waals surface area contributed by atoms with Crippen molar-refractivity contribution in [2.45, 2.75) is 50.2 Å². The Balaban J connectivity index is 1.69. The number of carbonyl (C=O) groups excluding carboxylic acids is 2. The number of alkyl carbamates (subject to hydrolysis) is 1. The summed E-state index contributed by atoms with van der Waals surface area (Å²) in [4.78, 5) is 26.6. The third kappa shape index (κ3) is 5.58. The van der Waals surface area contributed by atoms with Crippen molar-refractivity contribution < 1.29 is 19.1 Å². The molecule has 1 atom stereocenters. The quantitative estimate of drug-likeness (QED) is 0.694. The van der Waals surface area contributed by atoms with E-state index >= 15 is 0 Å². The third-order valence-corrected chi connectivity index (χ3v) is 5.59. The Bertz CT molecular complexity index is 919. The van der Waals surface area contributed by atoms with Gasteiger partial charge in [-0.1, -0.05) is 23.9 Å². The number of likely N-dealkylation sites (N-methyl/N-ethyl adjacent to an activating group) is 1. The number of thioether (sulfide) groups is 1. The van der Waals surface area contributed by atoms with Gasteiger partial charge in [0.05, 0.1) is 11.4 Å². The molecule has 30 heavy (non-hydrogen) atoms. The van der Waals surface area contributed by atoms with Gasteiger partial charge in [0.2, 0.25) is 0 Å². The molecule has 0 spiro atoms. The molecule has 0 fully saturated rings. The largest absolute Gasteiger partial charge is 0.444 e. The number of rotatable bonds is 6. The summed E-state index contributed by atoms with van der Waals surface area (Å²) in [6.07, 6.45) is -0.411. The van der Waals surface area contributed by atoms with E-state index < -0.39 is 11.7 Å². The lowest BCUT2D eigenvalue weighted by atomic mass is 10.2. The van der Waals surface area contributed by atoms with E-state index in [1.807, 2.05) is 52.1 Å². The second-order valence-corrected chi connectivity index (χ2v) is 9.38. The summed E-state index contributed by atoms with van der Waals surface area (Å²) in [5.74, 6) is -0.300. The molecule has 3 rings (SSSR count). The standard InChI is InChI=1S/C22H29N3O4S/c1-15(26)28-20-18-11-10-16(25(18)17-8-6-7-9-19(17)30-20)14-24(5)13-12-23-21(27)29-22(2,3)4/h6-11,20H,12-14H2,1-5H3,(H,23,27). The molecule has 0 aliphatic carbocycles. The molecule has 1 aromatic heterocycles. The van der Waals surface area contributed by atoms with E-state index in [1.54, 1.807) is 11.8 Å². The van der Waals surface area contributed by atoms with E-state index in [4.69, 9.17) is 9.47 Å². The Kier molecular flexibility index (Phi) is 6.77. The summed E-state index contributed by atoms with van der Waals surface area (Å²) in [7, 11) is 2.00. The number of ether oxygens (including phenoxy) is 2. The zero-order valence-corrected chi connectivity index (χ0v) is 18.9. The second kappa shape index (κ2) is 9.14. The minimum atomic E-state index is -0.509. The van der Waals surface area contributed by atoms with Gasteiger partial charge in [-0.15, -0.1) is 0 Å². The van der Waals surface area contributed by atoms with Crippen molar-refractivity contribution in [2.75, 3.05) is 20.1 Å². The highest BCUT2D eigenvalue weighted by molar-refractivity contribution is 7.99. The Labute approximate surface area is 181 Å². The van der Waals surface area contributed by atoms with Gasteiger partial charge in [0, 0.05) is 37.1 Å². The van der Waals surface area contributed by atoms with Crippen molar-refractivity contribution in [3.63, 3.8) is 0 Å². The maximum atomic E-state index is 11.8. The first-order valence-corrected chi connectivity index (χ1v) is 10.8. The van der Waals surface area contributed by atoms with Gasteiger partial charge in [0.15, 0.2) is 5.44 Å². The van der Waals surface area contributed by atoms with Gasteiger partial charge >= 0.3 is 12.1 Å². The summed E-state index contributed by atoms with van der Waals surface area (Å²) in [6.45, 7) is 8.79. The topological polar surface area (TPSA) is 72.8 Å². The van der Waals surface area contributed by atoms with Crippen LogP contribution >= 0.6 is 11.8 Å². The molecule has 1 unspecified atom stereocenters. The summed E-state index contributed by atoms with van der Waals surface area (Å²) >= 11 is 1.54. The number of esters is 1. The predicted molar refractivity (Wildman–Crippen MR) is 117 cm³/mol. The smallest absolute Gasteiger partial charge is 0.407 e. The van der Waals surface area contributed by atoms with Gasteiger partial charge in [-0.3, -0.25) is 9.69 Å². The van der Waals surface area contributed by atoms with Crippen LogP contribution < -0.4 is 5.32 Å². The van der Waals surface area contributed by atoms with E-state index in [-0.39, 0.29) is 11.4 Å². The molecule has 0 bridgehead atoms. The molecule has 2 aromatic rings. The average Bonchev–Trinajstić information content (AvgIpc) is 3.04. The maximum absolute atomic E-state index is 11.8. The van der Waals surface area contributed by atoms with Crippen LogP contribution in [0.1, 0.15) is 44.5 Å². The first-order chi connectivity index (χ1) is 14.1. The number of carbonyl (C=O) groups is 2. The first-order valence-electron chi connectivity index (χ1n) is 9.93. The van der Waals surface area contributed by atoms with E-state index in [0.717, 1.165) is 22.0 Å². The maximum Gasteiger partial charge on any atom is 0.407 e. The zero-order valence-electron chi connectivity index (χ0n) is 18.1. The van der Waals surface area contributed by atoms with Crippen LogP contribution in [0.5, 0.6) is 0 Å². The van der Waals surface area contributed by atoms with Crippen molar-refractivity contribution in [1.29, 1.82) is 0 Å². The molecule has 1 N–H and O–H groups in total. The zero-order chi connectivity index (χ0) is 21.9. The van der Waals surface area contributed by atoms with Crippen molar-refractivity contribution >= 4 is 23.8 Å². The highest BCUT2D eigenvalue weighted by atomic mass is 32.2. The molecular formula is C22H29N3O4S. The number of nitrogens with one attached hydrogen (secondary N) is 1. The van der Waals surface area contributed by atoms with Crippen molar-refractivity contribution in [1.82, 2.24) is 14.8 Å². The Morgan fingerprint density at radius 3 is 2.63 bits per heavy atom. The number of nitrogens with zero attached hydrogens (tertiary/aromatic N) is 2. The van der Waals surface area contributed by atoms with Crippen LogP contribution in [0.3, 0.4) is 0 Å². The summed E-state index contributed by atoms with van der Waals surface area (Å²) in [6, 6.07) is 12.2. The molecule has 1 aromatic carbocycles. The van der Waals surface area contributed by atoms with Gasteiger partial charge in [0.1, 0.15) is 5.60 Å². The monoisotopic (exact) mass is 431 g/mol. The average molecular weight is 432 g/mol. The van der Waals surface area contributed by atoms with Crippen molar-refractivity contribution in [3.8, 4) is 5.69 Å². The fourth-order valence-corrected chi connectivity index (χ4v) is 4.42. The molecule has 8 heteroatoms. The SMILES string of the molecule is CC(=O)OC1Sc2ccccc2-n2c(CN(C)CCNC(=O)OC(C)(C)C)ccc21. The minimum absolute atomic E-state index is 0.300. The van der Waals surface area contributed by atoms with Crippen LogP contribution in [-0.4, -0.2) is 47.3 Å². The molecule has 1 aliphatic heterocycles. The summed E-state index contributed by atoms with van der Waals surface area (Å²) in [5.41, 5.74) is 2.25. The lowest BCUT2D eigenvalue weighted by Gasteiger charge is -2.28. The molecular weight excluding hydrogens is 402 g/mol. The number of benzene rings is 1. The second-order valence-electron chi connectivity index (χ2n) is 8.28. The Morgan fingerprint density at radius 1 is 1.20 bits per heavy atom. The molecule has 0 saturated carbocycles. The summed E-state index contributed by atoms with van der Waals surface area (Å²) in [5, 5.41) is 2.79. The van der Waals surface area contributed by atoms with E-state index in [9.17, 15) is 9.59 Å². The molecule has 0 saturated heterocycles. The number of fused-ring (bicyclic) bond motifs is 3. The predicted octanol–water partition coefficient (Wildman–Crippen LogP) is 4.10. The fourth-order valence-electron chi connectivity index (χ4n) is 3.27. The number of aromatic nitrogens is 1. The Hall–Kier alpha value is -2.45. The van der Waals surface area contributed by atoms with Crippen LogP contribution in [0.15, 0.2) is 41.3 Å². The Morgan fingerprint density at radius 2 is 1.93 bits per heavy atom. The van der Waals surface area contributed by atoms with Crippen LogP contribution in [0.25, 0.3) is 5.69 Å². The van der Waals surface area contributed by atoms with Crippen LogP contribution in [-0.2, 0) is 20.8 Å². The number of hydrogen-bond acceptors (Lipinski definition) is 6. The molecule has 0 radical (unpaired) electrons. The fraction of sp³-hybridized carbons (Fsp3) is 0.455. The summed E-state index contributed by atoms with van der Waals surface area (Å²) < 4.78 is 13.0. The minimum Gasteiger partial charge on any atom is -0.444 e. The van der Waals surface area contributed by atoms with Crippen molar-refractivity contribution in [3.05, 3.63) is 47.8 Å². The number of hydrogen-bond donors (Lipinski definition) is 1. The molecule has 7 nitrogen and oxygen atoms in total. The molecule has 162 valence electrons. The number of amides is 1. The van der Waals surface area contributed by atoms with Gasteiger partial charge < -0.3 is 19.4 Å². The van der Waals surface area contributed by atoms with Crippen LogP contribution in [0.4, 0.5) is 4.79 Å². The normalized spacial score (nSPS) is 15.3. The third-order valence-electron chi connectivity index (χ3n) is 4.44. The molecule has 1 amide bonds. The van der Waals surface area contributed by atoms with Crippen LogP contribution in [0.2, 0.25) is 0 Å². The van der Waals surface area contributed by atoms with Crippen molar-refractivity contribution in [2.24, 2.45) is 0 Å². The first kappa shape index (κ1) is 22.2. The molecule has 2 heterocycles. The molecule has 1 aliphatic rings. The lowest BCUT2D eigenvalue weighted by Crippen LogP contribution is -2.37. The van der Waals surface area contributed by atoms with Gasteiger partial charge in [-0.05, 0) is 52.1 Å².